The van der Waals surface area contributed by atoms with Crippen molar-refractivity contribution in [3.05, 3.63) is 12.3 Å². The van der Waals surface area contributed by atoms with E-state index in [0.717, 1.165) is 6.54 Å². The van der Waals surface area contributed by atoms with Gasteiger partial charge < -0.3 is 4.74 Å². The molecular formula is C7H9NO. The van der Waals surface area contributed by atoms with Gasteiger partial charge in [-0.3, -0.25) is 4.99 Å². The highest BCUT2D eigenvalue weighted by Gasteiger charge is 2.44. The van der Waals surface area contributed by atoms with Crippen molar-refractivity contribution in [1.29, 1.82) is 0 Å². The molecule has 2 heteroatoms. The summed E-state index contributed by atoms with van der Waals surface area (Å²) in [6, 6.07) is 0. The largest absolute Gasteiger partial charge is 0.493 e. The van der Waals surface area contributed by atoms with Gasteiger partial charge in [-0.25, -0.2) is 0 Å². The van der Waals surface area contributed by atoms with E-state index in [0.29, 0.717) is 0 Å². The number of ether oxygens (including phenoxy) is 1. The van der Waals surface area contributed by atoms with E-state index in [4.69, 9.17) is 4.74 Å². The van der Waals surface area contributed by atoms with Gasteiger partial charge in [-0.15, -0.1) is 0 Å². The highest BCUT2D eigenvalue weighted by atomic mass is 16.5. The van der Waals surface area contributed by atoms with Crippen molar-refractivity contribution in [2.45, 2.75) is 18.4 Å². The van der Waals surface area contributed by atoms with E-state index in [1.54, 1.807) is 12.5 Å². The van der Waals surface area contributed by atoms with E-state index >= 15 is 0 Å². The Bertz CT molecular complexity index is 152. The third-order valence-electron chi connectivity index (χ3n) is 1.78. The number of hydrogen-bond acceptors (Lipinski definition) is 2. The van der Waals surface area contributed by atoms with Crippen LogP contribution in [-0.4, -0.2) is 18.4 Å². The molecule has 2 aliphatic rings. The number of hydrogen-bond donors (Lipinski definition) is 0. The van der Waals surface area contributed by atoms with Crippen LogP contribution in [0.2, 0.25) is 0 Å². The van der Waals surface area contributed by atoms with Crippen LogP contribution in [0.1, 0.15) is 12.8 Å². The van der Waals surface area contributed by atoms with Gasteiger partial charge in [-0.05, 0) is 18.9 Å². The van der Waals surface area contributed by atoms with Gasteiger partial charge in [0.15, 0.2) is 0 Å². The number of nitrogens with zero attached hydrogens (tertiary/aromatic N) is 1. The van der Waals surface area contributed by atoms with Crippen LogP contribution >= 0.6 is 0 Å². The molecule has 0 aromatic carbocycles. The summed E-state index contributed by atoms with van der Waals surface area (Å²) in [5.41, 5.74) is 0.128. The highest BCUT2D eigenvalue weighted by Crippen LogP contribution is 2.40. The van der Waals surface area contributed by atoms with Crippen molar-refractivity contribution in [3.63, 3.8) is 0 Å². The molecule has 2 rings (SSSR count). The Morgan fingerprint density at radius 1 is 1.44 bits per heavy atom. The first-order valence-corrected chi connectivity index (χ1v) is 3.24. The van der Waals surface area contributed by atoms with Gasteiger partial charge in [0.1, 0.15) is 5.60 Å². The molecular weight excluding hydrogens is 114 g/mol. The maximum atomic E-state index is 5.40. The average Bonchev–Trinajstić information content (AvgIpc) is 2.64. The third kappa shape index (κ3) is 0.846. The summed E-state index contributed by atoms with van der Waals surface area (Å²) < 4.78 is 5.40. The minimum Gasteiger partial charge on any atom is -0.493 e. The Balaban J connectivity index is 2.12. The van der Waals surface area contributed by atoms with Crippen molar-refractivity contribution in [2.24, 2.45) is 4.99 Å². The molecule has 1 aliphatic carbocycles. The van der Waals surface area contributed by atoms with Crippen molar-refractivity contribution in [1.82, 2.24) is 0 Å². The molecule has 9 heavy (non-hydrogen) atoms. The molecule has 0 unspecified atom stereocenters. The van der Waals surface area contributed by atoms with Crippen molar-refractivity contribution >= 4 is 6.21 Å². The molecule has 1 aliphatic heterocycles. The van der Waals surface area contributed by atoms with Gasteiger partial charge in [0, 0.05) is 6.21 Å². The van der Waals surface area contributed by atoms with Crippen molar-refractivity contribution < 1.29 is 4.74 Å². The zero-order valence-electron chi connectivity index (χ0n) is 5.21. The fourth-order valence-corrected chi connectivity index (χ4v) is 0.951. The Kier molecular flexibility index (Phi) is 0.891. The average molecular weight is 123 g/mol. The second kappa shape index (κ2) is 1.59. The Labute approximate surface area is 54.2 Å². The maximum absolute atomic E-state index is 5.40. The van der Waals surface area contributed by atoms with E-state index in [9.17, 15) is 0 Å². The smallest absolute Gasteiger partial charge is 0.128 e. The monoisotopic (exact) mass is 123 g/mol. The predicted octanol–water partition coefficient (Wildman–Crippen LogP) is 1.13. The van der Waals surface area contributed by atoms with Crippen LogP contribution < -0.4 is 0 Å². The lowest BCUT2D eigenvalue weighted by Crippen LogP contribution is -2.13. The molecule has 0 N–H and O–H groups in total. The van der Waals surface area contributed by atoms with Crippen LogP contribution in [0.3, 0.4) is 0 Å². The SMILES string of the molecule is C1=COC2(CC2)CN=C1. The van der Waals surface area contributed by atoms with Crippen molar-refractivity contribution in [3.8, 4) is 0 Å². The third-order valence-corrected chi connectivity index (χ3v) is 1.78. The van der Waals surface area contributed by atoms with E-state index in [2.05, 4.69) is 4.99 Å². The molecule has 1 saturated carbocycles. The summed E-state index contributed by atoms with van der Waals surface area (Å²) in [5.74, 6) is 0. The van der Waals surface area contributed by atoms with Crippen LogP contribution in [0.25, 0.3) is 0 Å². The summed E-state index contributed by atoms with van der Waals surface area (Å²) in [4.78, 5) is 4.15. The fraction of sp³-hybridized carbons (Fsp3) is 0.571. The van der Waals surface area contributed by atoms with Gasteiger partial charge in [0.25, 0.3) is 0 Å². The molecule has 0 radical (unpaired) electrons. The summed E-state index contributed by atoms with van der Waals surface area (Å²) in [6.45, 7) is 0.847. The van der Waals surface area contributed by atoms with E-state index in [-0.39, 0.29) is 5.60 Å². The van der Waals surface area contributed by atoms with Gasteiger partial charge in [0.2, 0.25) is 0 Å². The normalized spacial score (nSPS) is 27.6. The highest BCUT2D eigenvalue weighted by molar-refractivity contribution is 5.71. The maximum Gasteiger partial charge on any atom is 0.128 e. The van der Waals surface area contributed by atoms with Crippen LogP contribution in [0.15, 0.2) is 17.3 Å². The van der Waals surface area contributed by atoms with Crippen molar-refractivity contribution in [2.75, 3.05) is 6.54 Å². The Morgan fingerprint density at radius 2 is 2.33 bits per heavy atom. The molecule has 48 valence electrons. The van der Waals surface area contributed by atoms with Gasteiger partial charge in [0.05, 0.1) is 12.8 Å². The van der Waals surface area contributed by atoms with Gasteiger partial charge >= 0.3 is 0 Å². The molecule has 0 bridgehead atoms. The lowest BCUT2D eigenvalue weighted by Gasteiger charge is -2.08. The Hall–Kier alpha value is -0.790. The lowest BCUT2D eigenvalue weighted by molar-refractivity contribution is 0.132. The minimum absolute atomic E-state index is 0.128. The molecule has 2 nitrogen and oxygen atoms in total. The quantitative estimate of drug-likeness (QED) is 0.473. The molecule has 0 aromatic heterocycles. The minimum atomic E-state index is 0.128. The number of rotatable bonds is 0. The van der Waals surface area contributed by atoms with E-state index in [1.807, 2.05) is 6.08 Å². The van der Waals surface area contributed by atoms with Gasteiger partial charge in [-0.2, -0.15) is 0 Å². The predicted molar refractivity (Wildman–Crippen MR) is 35.5 cm³/mol. The first-order valence-electron chi connectivity index (χ1n) is 3.24. The lowest BCUT2D eigenvalue weighted by atomic mass is 10.3. The molecule has 1 spiro atoms. The van der Waals surface area contributed by atoms with E-state index in [1.165, 1.54) is 12.8 Å². The summed E-state index contributed by atoms with van der Waals surface area (Å²) in [6.07, 6.45) is 7.73. The van der Waals surface area contributed by atoms with Crippen LogP contribution in [-0.2, 0) is 4.74 Å². The van der Waals surface area contributed by atoms with E-state index < -0.39 is 0 Å². The molecule has 1 heterocycles. The first-order chi connectivity index (χ1) is 4.41. The molecule has 0 amide bonds. The standard InChI is InChI=1S/C7H9NO/c1-4-8-6-7(2-3-7)9-5-1/h1,4-5H,2-3,6H2. The summed E-state index contributed by atoms with van der Waals surface area (Å²) in [7, 11) is 0. The van der Waals surface area contributed by atoms with Crippen LogP contribution in [0.5, 0.6) is 0 Å². The molecule has 0 aromatic rings. The second-order valence-electron chi connectivity index (χ2n) is 2.62. The zero-order chi connectivity index (χ0) is 6.16. The van der Waals surface area contributed by atoms with Crippen LogP contribution in [0, 0.1) is 0 Å². The summed E-state index contributed by atoms with van der Waals surface area (Å²) >= 11 is 0. The second-order valence-corrected chi connectivity index (χ2v) is 2.62. The van der Waals surface area contributed by atoms with Crippen LogP contribution in [0.4, 0.5) is 0 Å². The number of allylic oxidation sites excluding steroid dienone is 1. The van der Waals surface area contributed by atoms with Gasteiger partial charge in [-0.1, -0.05) is 0 Å². The topological polar surface area (TPSA) is 21.6 Å². The Morgan fingerprint density at radius 3 is 3.11 bits per heavy atom. The molecule has 0 atom stereocenters. The number of aliphatic imine (C=N–C) groups is 1. The molecule has 1 fully saturated rings. The molecule has 0 saturated heterocycles. The summed E-state index contributed by atoms with van der Waals surface area (Å²) in [5, 5.41) is 0. The fourth-order valence-electron chi connectivity index (χ4n) is 0.951. The first kappa shape index (κ1) is 5.03. The zero-order valence-corrected chi connectivity index (χ0v) is 5.21.